The van der Waals surface area contributed by atoms with Gasteiger partial charge < -0.3 is 19.7 Å². The topological polar surface area (TPSA) is 110 Å². The molecular formula is C26H34O7. The van der Waals surface area contributed by atoms with E-state index in [1.54, 1.807) is 26.8 Å². The Morgan fingerprint density at radius 3 is 2.55 bits per heavy atom. The largest absolute Gasteiger partial charge is 0.504 e. The van der Waals surface area contributed by atoms with E-state index in [-0.39, 0.29) is 24.0 Å². The van der Waals surface area contributed by atoms with E-state index in [4.69, 9.17) is 9.47 Å². The van der Waals surface area contributed by atoms with Gasteiger partial charge in [-0.15, -0.1) is 6.58 Å². The third kappa shape index (κ3) is 3.00. The first kappa shape index (κ1) is 23.7. The van der Waals surface area contributed by atoms with Gasteiger partial charge in [0, 0.05) is 28.9 Å². The minimum Gasteiger partial charge on any atom is -0.504 e. The third-order valence-electron chi connectivity index (χ3n) is 8.61. The number of ketones is 1. The molecule has 6 atom stereocenters. The molecule has 2 fully saturated rings. The van der Waals surface area contributed by atoms with Crippen molar-refractivity contribution in [3.63, 3.8) is 0 Å². The van der Waals surface area contributed by atoms with E-state index >= 15 is 0 Å². The number of aliphatic hydroxyl groups excluding tert-OH is 1. The Balaban J connectivity index is 1.88. The number of Topliss-reactive ketones (excluding diaryl/α,β-unsaturated/α-hetero) is 1. The van der Waals surface area contributed by atoms with Gasteiger partial charge in [-0.1, -0.05) is 32.9 Å². The summed E-state index contributed by atoms with van der Waals surface area (Å²) in [6.07, 6.45) is 5.08. The van der Waals surface area contributed by atoms with Crippen molar-refractivity contribution in [3.05, 3.63) is 35.6 Å². The summed E-state index contributed by atoms with van der Waals surface area (Å²) in [4.78, 5) is 37.7. The van der Waals surface area contributed by atoms with Crippen LogP contribution in [0.5, 0.6) is 0 Å². The van der Waals surface area contributed by atoms with Crippen molar-refractivity contribution in [3.8, 4) is 0 Å². The Morgan fingerprint density at radius 1 is 1.30 bits per heavy atom. The number of aliphatic hydroxyl groups is 2. The molecule has 6 unspecified atom stereocenters. The van der Waals surface area contributed by atoms with E-state index < -0.39 is 51.4 Å². The number of esters is 2. The first-order valence-corrected chi connectivity index (χ1v) is 11.7. The van der Waals surface area contributed by atoms with Crippen LogP contribution in [0.2, 0.25) is 0 Å². The SMILES string of the molecule is C=CC1(C)C=C2C(=O)C(O)=C3C(C)(COC(=O)C(C)C)C(OC(C)=O)CC4CC2(CC1)C34O. The molecule has 0 bridgehead atoms. The molecule has 7 heteroatoms. The third-order valence-corrected chi connectivity index (χ3v) is 8.61. The zero-order valence-corrected chi connectivity index (χ0v) is 20.1. The van der Waals surface area contributed by atoms with Gasteiger partial charge in [0.1, 0.15) is 18.3 Å². The lowest BCUT2D eigenvalue weighted by molar-refractivity contribution is -0.240. The van der Waals surface area contributed by atoms with E-state index in [1.807, 2.05) is 13.0 Å². The van der Waals surface area contributed by atoms with Crippen molar-refractivity contribution in [2.24, 2.45) is 28.1 Å². The molecule has 0 aromatic carbocycles. The lowest BCUT2D eigenvalue weighted by Crippen LogP contribution is -2.75. The van der Waals surface area contributed by atoms with Crippen LogP contribution < -0.4 is 0 Å². The molecule has 0 radical (unpaired) electrons. The summed E-state index contributed by atoms with van der Waals surface area (Å²) >= 11 is 0. The molecule has 2 N–H and O–H groups in total. The first-order chi connectivity index (χ1) is 15.3. The van der Waals surface area contributed by atoms with Crippen LogP contribution in [0.4, 0.5) is 0 Å². The lowest BCUT2D eigenvalue weighted by Gasteiger charge is -2.71. The monoisotopic (exact) mass is 458 g/mol. The minimum atomic E-state index is -1.48. The summed E-state index contributed by atoms with van der Waals surface area (Å²) in [6.45, 7) is 12.1. The average molecular weight is 459 g/mol. The molecule has 4 aliphatic carbocycles. The molecule has 0 saturated heterocycles. The van der Waals surface area contributed by atoms with Gasteiger partial charge in [-0.2, -0.15) is 0 Å². The van der Waals surface area contributed by atoms with Crippen molar-refractivity contribution in [2.75, 3.05) is 6.61 Å². The summed E-state index contributed by atoms with van der Waals surface area (Å²) in [5.74, 6) is -2.68. The van der Waals surface area contributed by atoms with Crippen molar-refractivity contribution < 1.29 is 34.1 Å². The number of rotatable bonds is 5. The Hall–Kier alpha value is -2.41. The molecule has 0 aromatic rings. The van der Waals surface area contributed by atoms with Gasteiger partial charge in [0.05, 0.1) is 11.3 Å². The second-order valence-electron chi connectivity index (χ2n) is 11.1. The molecule has 0 amide bonds. The molecule has 4 rings (SSSR count). The molecule has 33 heavy (non-hydrogen) atoms. The van der Waals surface area contributed by atoms with Crippen LogP contribution in [0.1, 0.15) is 60.3 Å². The lowest BCUT2D eigenvalue weighted by atomic mass is 9.34. The van der Waals surface area contributed by atoms with Gasteiger partial charge in [0.2, 0.25) is 5.78 Å². The highest BCUT2D eigenvalue weighted by atomic mass is 16.6. The van der Waals surface area contributed by atoms with Crippen LogP contribution in [0, 0.1) is 28.1 Å². The summed E-state index contributed by atoms with van der Waals surface area (Å²) in [7, 11) is 0. The minimum absolute atomic E-state index is 0.143. The summed E-state index contributed by atoms with van der Waals surface area (Å²) in [6, 6.07) is 0. The molecule has 2 saturated carbocycles. The maximum Gasteiger partial charge on any atom is 0.308 e. The fourth-order valence-electron chi connectivity index (χ4n) is 6.63. The molecule has 4 aliphatic rings. The highest BCUT2D eigenvalue weighted by molar-refractivity contribution is 6.10. The van der Waals surface area contributed by atoms with Gasteiger partial charge in [0.25, 0.3) is 0 Å². The summed E-state index contributed by atoms with van der Waals surface area (Å²) < 4.78 is 11.2. The Kier molecular flexibility index (Phi) is 5.25. The normalized spacial score (nSPS) is 41.4. The van der Waals surface area contributed by atoms with E-state index in [2.05, 4.69) is 6.58 Å². The number of hydrogen-bond acceptors (Lipinski definition) is 7. The van der Waals surface area contributed by atoms with E-state index in [0.717, 1.165) is 0 Å². The van der Waals surface area contributed by atoms with Crippen molar-refractivity contribution in [1.29, 1.82) is 0 Å². The summed E-state index contributed by atoms with van der Waals surface area (Å²) in [5.41, 5.74) is -3.37. The van der Waals surface area contributed by atoms with Gasteiger partial charge >= 0.3 is 11.9 Å². The van der Waals surface area contributed by atoms with Crippen LogP contribution >= 0.6 is 0 Å². The van der Waals surface area contributed by atoms with Gasteiger partial charge in [-0.25, -0.2) is 0 Å². The average Bonchev–Trinajstić information content (AvgIpc) is 2.74. The number of carbonyl (C=O) groups excluding carboxylic acids is 3. The van der Waals surface area contributed by atoms with Crippen LogP contribution in [0.15, 0.2) is 35.6 Å². The molecular weight excluding hydrogens is 424 g/mol. The molecule has 180 valence electrons. The van der Waals surface area contributed by atoms with E-state index in [0.29, 0.717) is 31.3 Å². The number of ether oxygens (including phenoxy) is 2. The van der Waals surface area contributed by atoms with Crippen molar-refractivity contribution in [2.45, 2.75) is 72.0 Å². The standard InChI is InChI=1S/C26H34O7/c1-7-23(5)8-9-25-11-16-10-18(33-15(4)27)24(6,13-32-22(30)14(2)3)21(26(16,25)31)20(29)19(28)17(25)12-23/h7,12,14,16,18,29,31H,1,8-11,13H2,2-6H3. The molecule has 0 heterocycles. The second kappa shape index (κ2) is 7.29. The number of carbonyl (C=O) groups is 3. The molecule has 0 aromatic heterocycles. The quantitative estimate of drug-likeness (QED) is 0.479. The van der Waals surface area contributed by atoms with Crippen molar-refractivity contribution >= 4 is 17.7 Å². The van der Waals surface area contributed by atoms with Gasteiger partial charge in [-0.3, -0.25) is 14.4 Å². The fraction of sp³-hybridized carbons (Fsp3) is 0.654. The zero-order valence-electron chi connectivity index (χ0n) is 20.1. The smallest absolute Gasteiger partial charge is 0.308 e. The van der Waals surface area contributed by atoms with Crippen LogP contribution in [0.25, 0.3) is 0 Å². The van der Waals surface area contributed by atoms with Gasteiger partial charge in [0.15, 0.2) is 5.76 Å². The second-order valence-corrected chi connectivity index (χ2v) is 11.1. The fourth-order valence-corrected chi connectivity index (χ4v) is 6.63. The van der Waals surface area contributed by atoms with Crippen LogP contribution in [-0.4, -0.2) is 46.2 Å². The zero-order chi connectivity index (χ0) is 24.6. The number of allylic oxidation sites excluding steroid dienone is 3. The number of hydrogen-bond donors (Lipinski definition) is 2. The Morgan fingerprint density at radius 2 is 1.97 bits per heavy atom. The molecule has 7 nitrogen and oxygen atoms in total. The predicted octanol–water partition coefficient (Wildman–Crippen LogP) is 3.57. The highest BCUT2D eigenvalue weighted by Crippen LogP contribution is 2.74. The van der Waals surface area contributed by atoms with Crippen LogP contribution in [0.3, 0.4) is 0 Å². The van der Waals surface area contributed by atoms with Crippen molar-refractivity contribution in [1.82, 2.24) is 0 Å². The highest BCUT2D eigenvalue weighted by Gasteiger charge is 2.77. The Labute approximate surface area is 194 Å². The molecule has 1 spiro atoms. The maximum absolute atomic E-state index is 13.5. The van der Waals surface area contributed by atoms with Gasteiger partial charge in [-0.05, 0) is 38.5 Å². The summed E-state index contributed by atoms with van der Waals surface area (Å²) in [5, 5.41) is 23.5. The maximum atomic E-state index is 13.5. The Bertz CT molecular complexity index is 1010. The van der Waals surface area contributed by atoms with E-state index in [1.165, 1.54) is 6.92 Å². The predicted molar refractivity (Wildman–Crippen MR) is 120 cm³/mol. The molecule has 0 aliphatic heterocycles. The van der Waals surface area contributed by atoms with Crippen LogP contribution in [-0.2, 0) is 23.9 Å². The first-order valence-electron chi connectivity index (χ1n) is 11.7. The van der Waals surface area contributed by atoms with E-state index in [9.17, 15) is 24.6 Å².